The summed E-state index contributed by atoms with van der Waals surface area (Å²) in [6.45, 7) is 0. The Morgan fingerprint density at radius 1 is 1.57 bits per heavy atom. The minimum Gasteiger partial charge on any atom is -0.145 e. The largest absolute Gasteiger partial charge is 0.145 e. The van der Waals surface area contributed by atoms with Crippen molar-refractivity contribution in [2.24, 2.45) is 11.1 Å². The van der Waals surface area contributed by atoms with Gasteiger partial charge in [-0.15, -0.1) is 4.91 Å². The molecule has 0 bridgehead atoms. The quantitative estimate of drug-likeness (QED) is 0.482. The molecule has 0 atom stereocenters. The van der Waals surface area contributed by atoms with Gasteiger partial charge in [0.15, 0.2) is 0 Å². The smallest absolute Gasteiger partial charge is 0.0677 e. The van der Waals surface area contributed by atoms with E-state index in [1.54, 1.807) is 0 Å². The van der Waals surface area contributed by atoms with Gasteiger partial charge in [0, 0.05) is 0 Å². The minimum atomic E-state index is 0.678. The van der Waals surface area contributed by atoms with Gasteiger partial charge in [-0.2, -0.15) is 0 Å². The summed E-state index contributed by atoms with van der Waals surface area (Å²) in [4.78, 5) is 9.40. The Labute approximate surface area is 42.2 Å². The van der Waals surface area contributed by atoms with Crippen molar-refractivity contribution in [3.63, 3.8) is 0 Å². The molecule has 0 heterocycles. The summed E-state index contributed by atoms with van der Waals surface area (Å²) in [5, 5.41) is 2.59. The molecule has 0 saturated heterocycles. The normalized spacial score (nSPS) is 20.6. The summed E-state index contributed by atoms with van der Waals surface area (Å²) >= 11 is 0. The summed E-state index contributed by atoms with van der Waals surface area (Å²) in [6.07, 6.45) is 5.67. The predicted molar refractivity (Wildman–Crippen MR) is 27.7 cm³/mol. The standard InChI is InChI=1S/C5H7NO/c7-6-4-3-5-1-2-5/h3-5H,1-2H2/b4-3-. The lowest BCUT2D eigenvalue weighted by Gasteiger charge is -1.68. The molecule has 7 heavy (non-hydrogen) atoms. The highest BCUT2D eigenvalue weighted by molar-refractivity contribution is 4.94. The highest BCUT2D eigenvalue weighted by Gasteiger charge is 2.16. The number of hydrogen-bond acceptors (Lipinski definition) is 2. The molecule has 0 amide bonds. The van der Waals surface area contributed by atoms with Crippen LogP contribution < -0.4 is 0 Å². The monoisotopic (exact) mass is 97.1 g/mol. The Balaban J connectivity index is 2.17. The van der Waals surface area contributed by atoms with Crippen molar-refractivity contribution in [1.82, 2.24) is 0 Å². The second-order valence-electron chi connectivity index (χ2n) is 1.78. The van der Waals surface area contributed by atoms with Gasteiger partial charge in [0.1, 0.15) is 0 Å². The first kappa shape index (κ1) is 4.50. The maximum atomic E-state index is 9.40. The van der Waals surface area contributed by atoms with E-state index in [0.717, 1.165) is 0 Å². The first-order valence-corrected chi connectivity index (χ1v) is 2.42. The van der Waals surface area contributed by atoms with E-state index in [-0.39, 0.29) is 0 Å². The van der Waals surface area contributed by atoms with E-state index in [1.165, 1.54) is 19.0 Å². The van der Waals surface area contributed by atoms with Crippen molar-refractivity contribution in [2.75, 3.05) is 0 Å². The van der Waals surface area contributed by atoms with E-state index in [4.69, 9.17) is 0 Å². The topological polar surface area (TPSA) is 29.4 Å². The Bertz CT molecular complexity index is 94.3. The third kappa shape index (κ3) is 1.48. The van der Waals surface area contributed by atoms with E-state index in [1.807, 2.05) is 6.08 Å². The van der Waals surface area contributed by atoms with Gasteiger partial charge >= 0.3 is 0 Å². The van der Waals surface area contributed by atoms with Crippen molar-refractivity contribution in [1.29, 1.82) is 0 Å². The molecule has 1 aliphatic carbocycles. The predicted octanol–water partition coefficient (Wildman–Crippen LogP) is 1.68. The Morgan fingerprint density at radius 2 is 2.29 bits per heavy atom. The van der Waals surface area contributed by atoms with Crippen LogP contribution in [0.25, 0.3) is 0 Å². The molecule has 2 heteroatoms. The first-order valence-electron chi connectivity index (χ1n) is 2.42. The third-order valence-electron chi connectivity index (χ3n) is 1.04. The molecule has 1 aliphatic rings. The van der Waals surface area contributed by atoms with Crippen LogP contribution in [0, 0.1) is 10.8 Å². The molecule has 0 radical (unpaired) electrons. The van der Waals surface area contributed by atoms with Gasteiger partial charge in [0.2, 0.25) is 0 Å². The van der Waals surface area contributed by atoms with Crippen LogP contribution >= 0.6 is 0 Å². The number of allylic oxidation sites excluding steroid dienone is 1. The molecule has 38 valence electrons. The van der Waals surface area contributed by atoms with Crippen molar-refractivity contribution in [2.45, 2.75) is 12.8 Å². The molecule has 0 spiro atoms. The molecule has 1 rings (SSSR count). The fraction of sp³-hybridized carbons (Fsp3) is 0.600. The lowest BCUT2D eigenvalue weighted by molar-refractivity contribution is 1.11. The Morgan fingerprint density at radius 3 is 2.71 bits per heavy atom. The average molecular weight is 97.1 g/mol. The van der Waals surface area contributed by atoms with Gasteiger partial charge < -0.3 is 0 Å². The maximum Gasteiger partial charge on any atom is 0.0677 e. The lowest BCUT2D eigenvalue weighted by Crippen LogP contribution is -1.56. The van der Waals surface area contributed by atoms with Gasteiger partial charge in [0.05, 0.1) is 6.20 Å². The maximum absolute atomic E-state index is 9.40. The van der Waals surface area contributed by atoms with Gasteiger partial charge in [-0.1, -0.05) is 6.08 Å². The molecule has 0 aromatic heterocycles. The zero-order valence-electron chi connectivity index (χ0n) is 4.00. The molecule has 0 aromatic rings. The summed E-state index contributed by atoms with van der Waals surface area (Å²) in [5.74, 6) is 0.678. The van der Waals surface area contributed by atoms with Crippen LogP contribution in [-0.4, -0.2) is 0 Å². The fourth-order valence-corrected chi connectivity index (χ4v) is 0.446. The van der Waals surface area contributed by atoms with Crippen molar-refractivity contribution < 1.29 is 0 Å². The van der Waals surface area contributed by atoms with Crippen LogP contribution in [0.15, 0.2) is 17.5 Å². The van der Waals surface area contributed by atoms with Crippen LogP contribution in [0.3, 0.4) is 0 Å². The van der Waals surface area contributed by atoms with Crippen LogP contribution in [0.4, 0.5) is 0 Å². The zero-order valence-corrected chi connectivity index (χ0v) is 4.00. The van der Waals surface area contributed by atoms with E-state index in [2.05, 4.69) is 5.18 Å². The van der Waals surface area contributed by atoms with E-state index in [9.17, 15) is 4.91 Å². The summed E-state index contributed by atoms with van der Waals surface area (Å²) < 4.78 is 0. The third-order valence-corrected chi connectivity index (χ3v) is 1.04. The molecule has 1 saturated carbocycles. The Hall–Kier alpha value is -0.660. The van der Waals surface area contributed by atoms with Gasteiger partial charge in [-0.05, 0) is 23.9 Å². The van der Waals surface area contributed by atoms with Crippen LogP contribution in [-0.2, 0) is 0 Å². The SMILES string of the molecule is O=N/C=C\C1CC1. The molecule has 1 fully saturated rings. The van der Waals surface area contributed by atoms with Gasteiger partial charge in [-0.3, -0.25) is 0 Å². The van der Waals surface area contributed by atoms with E-state index >= 15 is 0 Å². The molecular formula is C5H7NO. The van der Waals surface area contributed by atoms with Crippen LogP contribution in [0.2, 0.25) is 0 Å². The second kappa shape index (κ2) is 1.87. The number of nitrogens with zero attached hydrogens (tertiary/aromatic N) is 1. The van der Waals surface area contributed by atoms with E-state index in [0.29, 0.717) is 5.92 Å². The molecule has 0 aliphatic heterocycles. The Kier molecular flexibility index (Phi) is 1.20. The second-order valence-corrected chi connectivity index (χ2v) is 1.78. The number of rotatable bonds is 2. The highest BCUT2D eigenvalue weighted by Crippen LogP contribution is 2.29. The fourth-order valence-electron chi connectivity index (χ4n) is 0.446. The first-order chi connectivity index (χ1) is 3.43. The lowest BCUT2D eigenvalue weighted by atomic mass is 10.4. The minimum absolute atomic E-state index is 0.678. The molecule has 2 nitrogen and oxygen atoms in total. The van der Waals surface area contributed by atoms with Crippen molar-refractivity contribution in [3.8, 4) is 0 Å². The summed E-state index contributed by atoms with van der Waals surface area (Å²) in [5.41, 5.74) is 0. The summed E-state index contributed by atoms with van der Waals surface area (Å²) in [7, 11) is 0. The van der Waals surface area contributed by atoms with Gasteiger partial charge in [0.25, 0.3) is 0 Å². The van der Waals surface area contributed by atoms with Gasteiger partial charge in [-0.25, -0.2) is 0 Å². The zero-order chi connectivity index (χ0) is 5.11. The van der Waals surface area contributed by atoms with Crippen molar-refractivity contribution >= 4 is 0 Å². The number of hydrogen-bond donors (Lipinski definition) is 0. The van der Waals surface area contributed by atoms with E-state index < -0.39 is 0 Å². The van der Waals surface area contributed by atoms with Crippen LogP contribution in [0.5, 0.6) is 0 Å². The molecule has 0 N–H and O–H groups in total. The highest BCUT2D eigenvalue weighted by atomic mass is 16.2. The molecule has 0 aromatic carbocycles. The number of nitroso groups, excluding NO2 is 1. The molecular weight excluding hydrogens is 90.1 g/mol. The average Bonchev–Trinajstić information content (AvgIpc) is 2.42. The van der Waals surface area contributed by atoms with Crippen LogP contribution in [0.1, 0.15) is 12.8 Å². The van der Waals surface area contributed by atoms with Crippen molar-refractivity contribution in [3.05, 3.63) is 17.2 Å². The summed E-state index contributed by atoms with van der Waals surface area (Å²) in [6, 6.07) is 0. The molecule has 0 unspecified atom stereocenters.